The van der Waals surface area contributed by atoms with Crippen LogP contribution >= 0.6 is 0 Å². The van der Waals surface area contributed by atoms with Gasteiger partial charge in [-0.05, 0) is 58.1 Å². The third-order valence-electron chi connectivity index (χ3n) is 7.26. The fourth-order valence-electron chi connectivity index (χ4n) is 5.55. The molecular formula is C25H35B3FN5O3. The van der Waals surface area contributed by atoms with Gasteiger partial charge in [-0.2, -0.15) is 4.98 Å². The van der Waals surface area contributed by atoms with Gasteiger partial charge in [-0.25, -0.2) is 9.37 Å². The number of rotatable bonds is 6. The van der Waals surface area contributed by atoms with E-state index in [4.69, 9.17) is 19.0 Å². The van der Waals surface area contributed by atoms with Crippen LogP contribution in [0, 0.1) is 19.7 Å². The minimum absolute atomic E-state index is 0.199. The Labute approximate surface area is 220 Å². The second kappa shape index (κ2) is 10.3. The van der Waals surface area contributed by atoms with Crippen LogP contribution in [-0.2, 0) is 4.74 Å². The summed E-state index contributed by atoms with van der Waals surface area (Å²) in [5, 5.41) is 8.10. The molecular weight excluding hydrogens is 470 g/mol. The SMILES string of the molecule is BC(B)(B)Oc1cc(F)c2nc(N3CC[C@@H](NC4CCOCC4)C[C@H]3C)c(-c3nc(C)no3)c(C)c2c1. The van der Waals surface area contributed by atoms with Crippen LogP contribution in [0.1, 0.15) is 44.0 Å². The number of fused-ring (bicyclic) bond motifs is 1. The molecule has 1 N–H and O–H groups in total. The van der Waals surface area contributed by atoms with Crippen molar-refractivity contribution >= 4 is 40.3 Å². The number of nitrogens with zero attached hydrogens (tertiary/aromatic N) is 4. The second-order valence-electron chi connectivity index (χ2n) is 11.4. The lowest BCUT2D eigenvalue weighted by molar-refractivity contribution is 0.0733. The summed E-state index contributed by atoms with van der Waals surface area (Å²) in [5.41, 5.74) is 1.92. The van der Waals surface area contributed by atoms with Gasteiger partial charge < -0.3 is 24.2 Å². The second-order valence-corrected chi connectivity index (χ2v) is 11.4. The fourth-order valence-corrected chi connectivity index (χ4v) is 5.55. The molecule has 2 aliphatic heterocycles. The number of nitrogens with one attached hydrogen (secondary N) is 1. The van der Waals surface area contributed by atoms with Crippen molar-refractivity contribution in [2.24, 2.45) is 0 Å². The van der Waals surface area contributed by atoms with Crippen LogP contribution in [0.15, 0.2) is 16.7 Å². The number of hydrogen-bond donors (Lipinski definition) is 1. The highest BCUT2D eigenvalue weighted by Gasteiger charge is 2.32. The highest BCUT2D eigenvalue weighted by Crippen LogP contribution is 2.40. The molecule has 2 aliphatic rings. The molecule has 8 nitrogen and oxygen atoms in total. The van der Waals surface area contributed by atoms with Crippen molar-refractivity contribution in [1.82, 2.24) is 20.4 Å². The Balaban J connectivity index is 1.53. The first kappa shape index (κ1) is 26.0. The van der Waals surface area contributed by atoms with E-state index in [2.05, 4.69) is 27.3 Å². The zero-order valence-electron chi connectivity index (χ0n) is 22.7. The molecule has 5 rings (SSSR count). The van der Waals surface area contributed by atoms with Gasteiger partial charge in [0.2, 0.25) is 0 Å². The summed E-state index contributed by atoms with van der Waals surface area (Å²) >= 11 is 0. The van der Waals surface area contributed by atoms with Gasteiger partial charge in [-0.3, -0.25) is 0 Å². The molecule has 0 spiro atoms. The number of piperidine rings is 1. The van der Waals surface area contributed by atoms with Crippen LogP contribution < -0.4 is 15.0 Å². The molecule has 0 aliphatic carbocycles. The molecule has 2 aromatic heterocycles. The molecule has 4 heterocycles. The van der Waals surface area contributed by atoms with Gasteiger partial charge >= 0.3 is 0 Å². The summed E-state index contributed by atoms with van der Waals surface area (Å²) in [6.45, 7) is 8.42. The lowest BCUT2D eigenvalue weighted by atomic mass is 9.52. The molecule has 0 radical (unpaired) electrons. The summed E-state index contributed by atoms with van der Waals surface area (Å²) in [6.07, 6.45) is 4.06. The quantitative estimate of drug-likeness (QED) is 0.499. The van der Waals surface area contributed by atoms with E-state index >= 15 is 4.39 Å². The number of halogens is 1. The van der Waals surface area contributed by atoms with Crippen LogP contribution in [0.2, 0.25) is 0 Å². The zero-order chi connectivity index (χ0) is 26.3. The number of aryl methyl sites for hydroxylation is 2. The van der Waals surface area contributed by atoms with Gasteiger partial charge in [0.05, 0.1) is 5.56 Å². The van der Waals surface area contributed by atoms with E-state index in [1.54, 1.807) is 6.92 Å². The number of aromatic nitrogens is 3. The van der Waals surface area contributed by atoms with E-state index in [-0.39, 0.29) is 6.04 Å². The molecule has 0 amide bonds. The van der Waals surface area contributed by atoms with E-state index in [1.165, 1.54) is 6.07 Å². The smallest absolute Gasteiger partial charge is 0.261 e. The van der Waals surface area contributed by atoms with Gasteiger partial charge in [0.1, 0.15) is 40.6 Å². The molecule has 2 atom stereocenters. The topological polar surface area (TPSA) is 85.5 Å². The highest BCUT2D eigenvalue weighted by atomic mass is 19.1. The summed E-state index contributed by atoms with van der Waals surface area (Å²) in [6, 6.07) is 4.42. The highest BCUT2D eigenvalue weighted by molar-refractivity contribution is 6.58. The summed E-state index contributed by atoms with van der Waals surface area (Å²) in [5.74, 6) is 1.70. The minimum atomic E-state index is -0.452. The largest absolute Gasteiger partial charge is 0.514 e. The van der Waals surface area contributed by atoms with Gasteiger partial charge in [0.15, 0.2) is 11.6 Å². The van der Waals surface area contributed by atoms with E-state index in [9.17, 15) is 0 Å². The average molecular weight is 505 g/mol. The number of hydrogen-bond acceptors (Lipinski definition) is 8. The van der Waals surface area contributed by atoms with Crippen molar-refractivity contribution in [2.45, 2.75) is 69.9 Å². The molecule has 1 aromatic carbocycles. The Bertz CT molecular complexity index is 1280. The number of ether oxygens (including phenoxy) is 2. The number of pyridine rings is 1. The lowest BCUT2D eigenvalue weighted by Crippen LogP contribution is -2.51. The summed E-state index contributed by atoms with van der Waals surface area (Å²) in [4.78, 5) is 11.7. The Hall–Kier alpha value is -2.59. The predicted octanol–water partition coefficient (Wildman–Crippen LogP) is 1.06. The van der Waals surface area contributed by atoms with Gasteiger partial charge in [0.25, 0.3) is 5.89 Å². The Morgan fingerprint density at radius 2 is 1.86 bits per heavy atom. The summed E-state index contributed by atoms with van der Waals surface area (Å²) < 4.78 is 32.6. The third kappa shape index (κ3) is 5.65. The summed E-state index contributed by atoms with van der Waals surface area (Å²) in [7, 11) is 5.83. The first-order valence-electron chi connectivity index (χ1n) is 13.3. The van der Waals surface area contributed by atoms with Crippen LogP contribution in [0.4, 0.5) is 10.2 Å². The molecule has 3 aromatic rings. The molecule has 0 saturated carbocycles. The standard InChI is InChI=1S/C25H35B3FN5O3/c1-13-10-17(31-16-5-8-35-9-6-16)4-7-34(13)23-21(24-30-15(3)33-37-24)14(2)19-11-18(36-25(26,27)28)12-20(29)22(19)32-23/h11-13,16-17,31H,4-10,26-28H2,1-3H3/t13-,17-/m1/s1. The maximum atomic E-state index is 15.5. The van der Waals surface area contributed by atoms with E-state index in [0.717, 1.165) is 56.6 Å². The Morgan fingerprint density at radius 3 is 2.51 bits per heavy atom. The first-order chi connectivity index (χ1) is 17.6. The molecule has 2 fully saturated rings. The van der Waals surface area contributed by atoms with Crippen molar-refractivity contribution in [3.63, 3.8) is 0 Å². The average Bonchev–Trinajstić information content (AvgIpc) is 3.25. The first-order valence-corrected chi connectivity index (χ1v) is 13.3. The maximum Gasteiger partial charge on any atom is 0.261 e. The van der Waals surface area contributed by atoms with Crippen LogP contribution in [0.5, 0.6) is 5.75 Å². The van der Waals surface area contributed by atoms with E-state index < -0.39 is 11.1 Å². The van der Waals surface area contributed by atoms with E-state index in [0.29, 0.717) is 46.3 Å². The minimum Gasteiger partial charge on any atom is -0.514 e. The van der Waals surface area contributed by atoms with Crippen molar-refractivity contribution < 1.29 is 18.4 Å². The normalized spacial score (nSPS) is 21.5. The van der Waals surface area contributed by atoms with Crippen molar-refractivity contribution in [1.29, 1.82) is 0 Å². The lowest BCUT2D eigenvalue weighted by Gasteiger charge is -2.41. The molecule has 2 saturated heterocycles. The number of benzene rings is 1. The zero-order valence-corrected chi connectivity index (χ0v) is 22.7. The predicted molar refractivity (Wildman–Crippen MR) is 150 cm³/mol. The molecule has 0 bridgehead atoms. The van der Waals surface area contributed by atoms with Gasteiger partial charge in [-0.15, -0.1) is 0 Å². The Kier molecular flexibility index (Phi) is 7.24. The van der Waals surface area contributed by atoms with Crippen LogP contribution in [0.25, 0.3) is 22.4 Å². The molecule has 0 unspecified atom stereocenters. The van der Waals surface area contributed by atoms with E-state index in [1.807, 2.05) is 36.5 Å². The van der Waals surface area contributed by atoms with Gasteiger partial charge in [0, 0.05) is 54.6 Å². The molecule has 194 valence electrons. The maximum absolute atomic E-state index is 15.5. The fraction of sp³-hybridized carbons (Fsp3) is 0.560. The van der Waals surface area contributed by atoms with Gasteiger partial charge in [-0.1, -0.05) is 5.16 Å². The molecule has 12 heteroatoms. The van der Waals surface area contributed by atoms with Crippen LogP contribution in [-0.4, -0.2) is 81.8 Å². The van der Waals surface area contributed by atoms with Crippen molar-refractivity contribution in [3.05, 3.63) is 29.3 Å². The molecule has 37 heavy (non-hydrogen) atoms. The van der Waals surface area contributed by atoms with Crippen molar-refractivity contribution in [3.8, 4) is 17.2 Å². The number of anilines is 1. The van der Waals surface area contributed by atoms with Crippen molar-refractivity contribution in [2.75, 3.05) is 24.7 Å². The monoisotopic (exact) mass is 505 g/mol. The Morgan fingerprint density at radius 1 is 1.11 bits per heavy atom. The van der Waals surface area contributed by atoms with Crippen LogP contribution in [0.3, 0.4) is 0 Å². The third-order valence-corrected chi connectivity index (χ3v) is 7.26.